The van der Waals surface area contributed by atoms with Gasteiger partial charge >= 0.3 is 11.7 Å². The van der Waals surface area contributed by atoms with Gasteiger partial charge in [0.25, 0.3) is 0 Å². The van der Waals surface area contributed by atoms with E-state index in [1.54, 1.807) is 6.92 Å². The monoisotopic (exact) mass is 259 g/mol. The highest BCUT2D eigenvalue weighted by Crippen LogP contribution is 2.32. The molecular formula is C9H13N3O4S. The molecule has 17 heavy (non-hydrogen) atoms. The number of rotatable bonds is 6. The molecule has 0 bridgehead atoms. The van der Waals surface area contributed by atoms with E-state index in [9.17, 15) is 14.9 Å². The zero-order chi connectivity index (χ0) is 13.0. The van der Waals surface area contributed by atoms with Crippen LogP contribution in [0.3, 0.4) is 0 Å². The Morgan fingerprint density at radius 3 is 2.76 bits per heavy atom. The summed E-state index contributed by atoms with van der Waals surface area (Å²) in [5, 5.41) is 23.9. The van der Waals surface area contributed by atoms with E-state index in [2.05, 4.69) is 5.10 Å². The number of aliphatic carboxylic acids is 1. The fraction of sp³-hybridized carbons (Fsp3) is 0.556. The molecule has 7 nitrogen and oxygen atoms in total. The van der Waals surface area contributed by atoms with E-state index < -0.39 is 10.9 Å². The molecule has 0 amide bonds. The SMILES string of the molecule is CCCn1nc(C)c([N+](=O)[O-])c1SCC(=O)O. The number of aryl methyl sites for hydroxylation is 2. The van der Waals surface area contributed by atoms with Gasteiger partial charge in [-0.25, -0.2) is 0 Å². The van der Waals surface area contributed by atoms with Gasteiger partial charge in [-0.05, 0) is 13.3 Å². The fourth-order valence-electron chi connectivity index (χ4n) is 1.40. The molecule has 8 heteroatoms. The maximum Gasteiger partial charge on any atom is 0.323 e. The summed E-state index contributed by atoms with van der Waals surface area (Å²) in [6, 6.07) is 0. The first-order valence-electron chi connectivity index (χ1n) is 5.03. The summed E-state index contributed by atoms with van der Waals surface area (Å²) < 4.78 is 1.50. The molecule has 94 valence electrons. The number of nitrogens with zero attached hydrogens (tertiary/aromatic N) is 3. The van der Waals surface area contributed by atoms with Crippen LogP contribution in [0, 0.1) is 17.0 Å². The van der Waals surface area contributed by atoms with Gasteiger partial charge in [0.2, 0.25) is 0 Å². The van der Waals surface area contributed by atoms with Crippen molar-refractivity contribution in [3.8, 4) is 0 Å². The summed E-state index contributed by atoms with van der Waals surface area (Å²) in [5.41, 5.74) is 0.223. The van der Waals surface area contributed by atoms with Crippen LogP contribution >= 0.6 is 11.8 Å². The van der Waals surface area contributed by atoms with Crippen LogP contribution in [-0.4, -0.2) is 31.5 Å². The summed E-state index contributed by atoms with van der Waals surface area (Å²) in [4.78, 5) is 20.9. The van der Waals surface area contributed by atoms with Gasteiger partial charge in [0, 0.05) is 6.54 Å². The number of nitro groups is 1. The topological polar surface area (TPSA) is 98.3 Å². The van der Waals surface area contributed by atoms with E-state index in [0.29, 0.717) is 17.3 Å². The van der Waals surface area contributed by atoms with Gasteiger partial charge in [0.1, 0.15) is 5.69 Å². The highest BCUT2D eigenvalue weighted by Gasteiger charge is 2.25. The van der Waals surface area contributed by atoms with Crippen molar-refractivity contribution in [2.24, 2.45) is 0 Å². The molecule has 0 fully saturated rings. The molecule has 0 aliphatic heterocycles. The smallest absolute Gasteiger partial charge is 0.323 e. The molecule has 1 N–H and O–H groups in total. The third kappa shape index (κ3) is 3.19. The van der Waals surface area contributed by atoms with E-state index in [-0.39, 0.29) is 11.4 Å². The molecular weight excluding hydrogens is 246 g/mol. The van der Waals surface area contributed by atoms with Crippen LogP contribution in [0.15, 0.2) is 5.03 Å². The van der Waals surface area contributed by atoms with Gasteiger partial charge in [0.15, 0.2) is 5.03 Å². The Morgan fingerprint density at radius 2 is 2.29 bits per heavy atom. The lowest BCUT2D eigenvalue weighted by Gasteiger charge is -2.03. The molecule has 0 aliphatic rings. The standard InChI is InChI=1S/C9H13N3O4S/c1-3-4-11-9(17-5-7(13)14)8(12(15)16)6(2)10-11/h3-5H2,1-2H3,(H,13,14). The molecule has 0 aliphatic carbocycles. The van der Waals surface area contributed by atoms with Crippen LogP contribution < -0.4 is 0 Å². The largest absolute Gasteiger partial charge is 0.481 e. The highest BCUT2D eigenvalue weighted by molar-refractivity contribution is 8.00. The van der Waals surface area contributed by atoms with Gasteiger partial charge in [-0.1, -0.05) is 18.7 Å². The van der Waals surface area contributed by atoms with E-state index in [4.69, 9.17) is 5.11 Å². The number of aromatic nitrogens is 2. The van der Waals surface area contributed by atoms with Crippen molar-refractivity contribution in [3.63, 3.8) is 0 Å². The normalized spacial score (nSPS) is 10.5. The maximum absolute atomic E-state index is 10.9. The second-order valence-corrected chi connectivity index (χ2v) is 4.37. The van der Waals surface area contributed by atoms with Gasteiger partial charge in [0.05, 0.1) is 10.7 Å². The van der Waals surface area contributed by atoms with E-state index >= 15 is 0 Å². The molecule has 1 aromatic rings. The minimum absolute atomic E-state index is 0.0929. The Balaban J connectivity index is 3.10. The maximum atomic E-state index is 10.9. The van der Waals surface area contributed by atoms with Crippen molar-refractivity contribution in [2.75, 3.05) is 5.75 Å². The molecule has 0 atom stereocenters. The Labute approximate surface area is 102 Å². The summed E-state index contributed by atoms with van der Waals surface area (Å²) in [7, 11) is 0. The summed E-state index contributed by atoms with van der Waals surface area (Å²) >= 11 is 0.930. The van der Waals surface area contributed by atoms with Crippen molar-refractivity contribution in [3.05, 3.63) is 15.8 Å². The van der Waals surface area contributed by atoms with Crippen LogP contribution in [-0.2, 0) is 11.3 Å². The van der Waals surface area contributed by atoms with Crippen LogP contribution in [0.5, 0.6) is 0 Å². The lowest BCUT2D eigenvalue weighted by molar-refractivity contribution is -0.388. The number of hydrogen-bond acceptors (Lipinski definition) is 5. The Morgan fingerprint density at radius 1 is 1.65 bits per heavy atom. The zero-order valence-electron chi connectivity index (χ0n) is 9.54. The average Bonchev–Trinajstić information content (AvgIpc) is 2.52. The van der Waals surface area contributed by atoms with Crippen molar-refractivity contribution in [1.82, 2.24) is 9.78 Å². The molecule has 1 rings (SSSR count). The van der Waals surface area contributed by atoms with Crippen LogP contribution in [0.25, 0.3) is 0 Å². The van der Waals surface area contributed by atoms with E-state index in [0.717, 1.165) is 18.2 Å². The number of carbonyl (C=O) groups is 1. The van der Waals surface area contributed by atoms with Crippen LogP contribution in [0.4, 0.5) is 5.69 Å². The first-order chi connectivity index (χ1) is 7.97. The Kier molecular flexibility index (Phi) is 4.50. The number of hydrogen-bond donors (Lipinski definition) is 1. The van der Waals surface area contributed by atoms with Gasteiger partial charge in [-0.2, -0.15) is 5.10 Å². The highest BCUT2D eigenvalue weighted by atomic mass is 32.2. The lowest BCUT2D eigenvalue weighted by Crippen LogP contribution is -2.04. The molecule has 0 spiro atoms. The van der Waals surface area contributed by atoms with Crippen molar-refractivity contribution < 1.29 is 14.8 Å². The number of thioether (sulfide) groups is 1. The average molecular weight is 259 g/mol. The summed E-state index contributed by atoms with van der Waals surface area (Å²) in [5.74, 6) is -1.22. The Bertz CT molecular complexity index is 444. The molecule has 1 aromatic heterocycles. The minimum Gasteiger partial charge on any atom is -0.481 e. The van der Waals surface area contributed by atoms with Crippen molar-refractivity contribution in [1.29, 1.82) is 0 Å². The third-order valence-corrected chi connectivity index (χ3v) is 3.07. The van der Waals surface area contributed by atoms with Crippen molar-refractivity contribution in [2.45, 2.75) is 31.8 Å². The second-order valence-electron chi connectivity index (χ2n) is 3.40. The Hall–Kier alpha value is -1.57. The van der Waals surface area contributed by atoms with E-state index in [1.165, 1.54) is 4.68 Å². The number of carboxylic acid groups (broad SMARTS) is 1. The molecule has 0 aromatic carbocycles. The first kappa shape index (κ1) is 13.5. The van der Waals surface area contributed by atoms with Crippen LogP contribution in [0.2, 0.25) is 0 Å². The molecule has 0 unspecified atom stereocenters. The molecule has 0 radical (unpaired) electrons. The summed E-state index contributed by atoms with van der Waals surface area (Å²) in [6.07, 6.45) is 0.777. The quantitative estimate of drug-likeness (QED) is 0.474. The third-order valence-electron chi connectivity index (χ3n) is 2.00. The van der Waals surface area contributed by atoms with Gasteiger partial charge < -0.3 is 5.11 Å². The predicted octanol–water partition coefficient (Wildman–Crippen LogP) is 1.69. The minimum atomic E-state index is -1.01. The number of carboxylic acids is 1. The summed E-state index contributed by atoms with van der Waals surface area (Å²) in [6.45, 7) is 4.01. The van der Waals surface area contributed by atoms with Gasteiger partial charge in [-0.15, -0.1) is 0 Å². The second kappa shape index (κ2) is 5.67. The first-order valence-corrected chi connectivity index (χ1v) is 6.02. The van der Waals surface area contributed by atoms with Gasteiger partial charge in [-0.3, -0.25) is 19.6 Å². The van der Waals surface area contributed by atoms with E-state index in [1.807, 2.05) is 6.92 Å². The molecule has 1 heterocycles. The zero-order valence-corrected chi connectivity index (χ0v) is 10.4. The lowest BCUT2D eigenvalue weighted by atomic mass is 10.4. The van der Waals surface area contributed by atoms with Crippen LogP contribution in [0.1, 0.15) is 19.0 Å². The molecule has 0 saturated carbocycles. The molecule has 0 saturated heterocycles. The predicted molar refractivity (Wildman–Crippen MR) is 62.3 cm³/mol. The fourth-order valence-corrected chi connectivity index (χ4v) is 2.30. The van der Waals surface area contributed by atoms with Crippen molar-refractivity contribution >= 4 is 23.4 Å².